The third-order valence-corrected chi connectivity index (χ3v) is 7.18. The third-order valence-electron chi connectivity index (χ3n) is 3.88. The van der Waals surface area contributed by atoms with Gasteiger partial charge in [0.25, 0.3) is 0 Å². The predicted octanol–water partition coefficient (Wildman–Crippen LogP) is 2.38. The topological polar surface area (TPSA) is 60.2 Å². The Hall–Kier alpha value is -1.27. The molecule has 2 fully saturated rings. The highest BCUT2D eigenvalue weighted by Gasteiger charge is 2.90. The van der Waals surface area contributed by atoms with Gasteiger partial charge in [0.15, 0.2) is 10.5 Å². The van der Waals surface area contributed by atoms with Crippen molar-refractivity contribution in [1.29, 1.82) is 0 Å². The fourth-order valence-corrected chi connectivity index (χ4v) is 5.95. The standard InChI is InChI=1S/C13H9NO3S2/c15-10(8-4-2-1-3-5-8)12-7-6-9-11(18-9)13(12,19-12)14(16)17/h1-7,9,11H. The van der Waals surface area contributed by atoms with Crippen LogP contribution in [0.1, 0.15) is 10.4 Å². The summed E-state index contributed by atoms with van der Waals surface area (Å²) in [5.41, 5.74) is 0.549. The molecule has 0 N–H and O–H groups in total. The monoisotopic (exact) mass is 291 g/mol. The minimum atomic E-state index is -1.13. The smallest absolute Gasteiger partial charge is 0.292 e. The molecule has 1 aromatic rings. The maximum Gasteiger partial charge on any atom is 0.307 e. The number of carbonyl (C=O) groups is 1. The van der Waals surface area contributed by atoms with Crippen molar-refractivity contribution in [3.8, 4) is 0 Å². The van der Waals surface area contributed by atoms with E-state index < -0.39 is 9.62 Å². The van der Waals surface area contributed by atoms with Crippen LogP contribution in [0.3, 0.4) is 0 Å². The van der Waals surface area contributed by atoms with Crippen LogP contribution in [0.2, 0.25) is 0 Å². The Labute approximate surface area is 117 Å². The van der Waals surface area contributed by atoms with Gasteiger partial charge in [-0.05, 0) is 11.8 Å². The lowest BCUT2D eigenvalue weighted by molar-refractivity contribution is -0.525. The third kappa shape index (κ3) is 1.26. The molecule has 0 saturated carbocycles. The van der Waals surface area contributed by atoms with Gasteiger partial charge in [-0.15, -0.1) is 11.8 Å². The molecular weight excluding hydrogens is 282 g/mol. The van der Waals surface area contributed by atoms with Crippen molar-refractivity contribution >= 4 is 29.3 Å². The lowest BCUT2D eigenvalue weighted by Crippen LogP contribution is -2.44. The number of carbonyl (C=O) groups excluding carboxylic acids is 1. The van der Waals surface area contributed by atoms with Crippen LogP contribution < -0.4 is 0 Å². The Kier molecular flexibility index (Phi) is 2.09. The first-order chi connectivity index (χ1) is 9.12. The minimum absolute atomic E-state index is 0.0508. The molecule has 0 spiro atoms. The zero-order valence-corrected chi connectivity index (χ0v) is 11.3. The van der Waals surface area contributed by atoms with E-state index in [1.807, 2.05) is 12.1 Å². The van der Waals surface area contributed by atoms with Crippen molar-refractivity contribution in [2.45, 2.75) is 20.1 Å². The van der Waals surface area contributed by atoms with Gasteiger partial charge in [0.1, 0.15) is 5.25 Å². The largest absolute Gasteiger partial charge is 0.307 e. The first-order valence-electron chi connectivity index (χ1n) is 5.91. The molecule has 4 unspecified atom stereocenters. The molecule has 2 aliphatic heterocycles. The number of hydrogen-bond donors (Lipinski definition) is 0. The van der Waals surface area contributed by atoms with Crippen LogP contribution in [0.5, 0.6) is 0 Å². The number of hydrogen-bond acceptors (Lipinski definition) is 5. The fourth-order valence-electron chi connectivity index (χ4n) is 2.82. The van der Waals surface area contributed by atoms with E-state index in [1.165, 1.54) is 11.8 Å². The van der Waals surface area contributed by atoms with Gasteiger partial charge in [0.2, 0.25) is 0 Å². The summed E-state index contributed by atoms with van der Waals surface area (Å²) in [6.07, 6.45) is 3.72. The van der Waals surface area contributed by atoms with E-state index in [1.54, 1.807) is 42.1 Å². The molecule has 4 nitrogen and oxygen atoms in total. The molecular formula is C13H9NO3S2. The van der Waals surface area contributed by atoms with Gasteiger partial charge in [-0.25, -0.2) is 0 Å². The van der Waals surface area contributed by atoms with Crippen LogP contribution in [0.4, 0.5) is 0 Å². The molecule has 4 atom stereocenters. The number of Topliss-reactive ketones (excluding diaryl/α,β-unsaturated/α-hetero) is 1. The highest BCUT2D eigenvalue weighted by molar-refractivity contribution is 8.14. The maximum absolute atomic E-state index is 12.7. The Morgan fingerprint density at radius 3 is 2.74 bits per heavy atom. The van der Waals surface area contributed by atoms with E-state index in [0.29, 0.717) is 5.56 Å². The summed E-state index contributed by atoms with van der Waals surface area (Å²) in [5.74, 6) is -0.142. The Bertz CT molecular complexity index is 632. The molecule has 6 heteroatoms. The molecule has 0 amide bonds. The van der Waals surface area contributed by atoms with Crippen molar-refractivity contribution in [3.05, 3.63) is 58.2 Å². The average Bonchev–Trinajstić information content (AvgIpc) is 3.29. The van der Waals surface area contributed by atoms with Crippen molar-refractivity contribution in [1.82, 2.24) is 0 Å². The van der Waals surface area contributed by atoms with Gasteiger partial charge in [0, 0.05) is 15.7 Å². The summed E-state index contributed by atoms with van der Waals surface area (Å²) in [5, 5.41) is 11.6. The lowest BCUT2D eigenvalue weighted by atomic mass is 9.85. The minimum Gasteiger partial charge on any atom is -0.292 e. The normalized spacial score (nSPS) is 41.1. The van der Waals surface area contributed by atoms with Crippen LogP contribution in [0.25, 0.3) is 0 Å². The molecule has 0 aromatic heterocycles. The van der Waals surface area contributed by atoms with E-state index >= 15 is 0 Å². The number of benzene rings is 1. The Morgan fingerprint density at radius 2 is 2.05 bits per heavy atom. The van der Waals surface area contributed by atoms with Crippen molar-refractivity contribution in [3.63, 3.8) is 0 Å². The number of rotatable bonds is 3. The van der Waals surface area contributed by atoms with Gasteiger partial charge < -0.3 is 0 Å². The number of fused-ring (bicyclic) bond motifs is 3. The predicted molar refractivity (Wildman–Crippen MR) is 75.1 cm³/mol. The highest BCUT2D eigenvalue weighted by Crippen LogP contribution is 2.77. The summed E-state index contributed by atoms with van der Waals surface area (Å²) >= 11 is 2.78. The van der Waals surface area contributed by atoms with Crippen LogP contribution in [-0.4, -0.2) is 30.8 Å². The second-order valence-corrected chi connectivity index (χ2v) is 7.66. The summed E-state index contributed by atoms with van der Waals surface area (Å²) < 4.78 is -0.984. The number of nitro groups is 1. The zero-order valence-electron chi connectivity index (χ0n) is 9.68. The van der Waals surface area contributed by atoms with Crippen LogP contribution in [0, 0.1) is 10.1 Å². The quantitative estimate of drug-likeness (QED) is 0.281. The van der Waals surface area contributed by atoms with Crippen molar-refractivity contribution in [2.24, 2.45) is 0 Å². The Morgan fingerprint density at radius 1 is 1.32 bits per heavy atom. The van der Waals surface area contributed by atoms with E-state index in [2.05, 4.69) is 0 Å². The lowest BCUT2D eigenvalue weighted by Gasteiger charge is -2.15. The van der Waals surface area contributed by atoms with Crippen molar-refractivity contribution in [2.75, 3.05) is 0 Å². The summed E-state index contributed by atoms with van der Waals surface area (Å²) in [6.45, 7) is 0. The average molecular weight is 291 g/mol. The molecule has 3 aliphatic rings. The summed E-state index contributed by atoms with van der Waals surface area (Å²) in [6, 6.07) is 8.85. The molecule has 96 valence electrons. The van der Waals surface area contributed by atoms with Gasteiger partial charge in [0.05, 0.1) is 0 Å². The number of thioether (sulfide) groups is 2. The maximum atomic E-state index is 12.7. The van der Waals surface area contributed by atoms with Crippen LogP contribution in [0.15, 0.2) is 42.5 Å². The molecule has 0 radical (unpaired) electrons. The Balaban J connectivity index is 1.79. The number of nitrogens with zero attached hydrogens (tertiary/aromatic N) is 1. The molecule has 19 heavy (non-hydrogen) atoms. The van der Waals surface area contributed by atoms with Crippen molar-refractivity contribution < 1.29 is 9.72 Å². The molecule has 4 rings (SSSR count). The molecule has 2 heterocycles. The van der Waals surface area contributed by atoms with Gasteiger partial charge in [-0.3, -0.25) is 14.9 Å². The van der Waals surface area contributed by atoms with Gasteiger partial charge >= 0.3 is 4.87 Å². The van der Waals surface area contributed by atoms with Crippen LogP contribution in [-0.2, 0) is 0 Å². The zero-order chi connectivity index (χ0) is 13.3. The second kappa shape index (κ2) is 3.43. The summed E-state index contributed by atoms with van der Waals surface area (Å²) in [4.78, 5) is 22.7. The highest BCUT2D eigenvalue weighted by atomic mass is 32.2. The van der Waals surface area contributed by atoms with Gasteiger partial charge in [-0.2, -0.15) is 0 Å². The van der Waals surface area contributed by atoms with E-state index in [9.17, 15) is 14.9 Å². The first-order valence-corrected chi connectivity index (χ1v) is 7.67. The fraction of sp³-hybridized carbons (Fsp3) is 0.308. The molecule has 1 aromatic carbocycles. The SMILES string of the molecule is O=C(c1ccccc1)C12C=CC3SC3C1([N+](=O)[O-])S2. The molecule has 2 saturated heterocycles. The molecule has 1 aliphatic carbocycles. The van der Waals surface area contributed by atoms with Crippen LogP contribution >= 0.6 is 23.5 Å². The van der Waals surface area contributed by atoms with E-state index in [0.717, 1.165) is 0 Å². The number of ketones is 1. The first kappa shape index (κ1) is 11.5. The van der Waals surface area contributed by atoms with Gasteiger partial charge in [-0.1, -0.05) is 42.5 Å². The van der Waals surface area contributed by atoms with E-state index in [-0.39, 0.29) is 21.2 Å². The molecule has 0 bridgehead atoms. The summed E-state index contributed by atoms with van der Waals surface area (Å²) in [7, 11) is 0. The van der Waals surface area contributed by atoms with E-state index in [4.69, 9.17) is 0 Å². The second-order valence-electron chi connectivity index (χ2n) is 4.87.